The number of ether oxygens (including phenoxy) is 4. The Balaban J connectivity index is 1.51. The highest BCUT2D eigenvalue weighted by atomic mass is 16.5. The van der Waals surface area contributed by atoms with Crippen molar-refractivity contribution < 1.29 is 28.5 Å². The summed E-state index contributed by atoms with van der Waals surface area (Å²) in [5.74, 6) is 2.05. The molecule has 1 aliphatic carbocycles. The first kappa shape index (κ1) is 32.2. The fraction of sp³-hybridized carbons (Fsp3) is 0.382. The molecule has 10 heteroatoms. The predicted molar refractivity (Wildman–Crippen MR) is 170 cm³/mol. The second-order valence-electron chi connectivity index (χ2n) is 10.5. The number of hydrogen-bond donors (Lipinski definition) is 3. The molecule has 1 aliphatic rings. The molecule has 2 amide bonds. The highest BCUT2D eigenvalue weighted by Gasteiger charge is 2.29. The Morgan fingerprint density at radius 2 is 1.64 bits per heavy atom. The minimum atomic E-state index is -0.385. The van der Waals surface area contributed by atoms with Crippen molar-refractivity contribution in [1.29, 1.82) is 0 Å². The van der Waals surface area contributed by atoms with Gasteiger partial charge in [0.15, 0.2) is 11.5 Å². The summed E-state index contributed by atoms with van der Waals surface area (Å²) in [6, 6.07) is 14.5. The van der Waals surface area contributed by atoms with Gasteiger partial charge in [-0.15, -0.1) is 0 Å². The van der Waals surface area contributed by atoms with Crippen LogP contribution in [0.5, 0.6) is 23.0 Å². The van der Waals surface area contributed by atoms with Gasteiger partial charge in [-0.3, -0.25) is 14.4 Å². The molecule has 0 saturated carbocycles. The molecule has 3 aromatic carbocycles. The molecule has 0 bridgehead atoms. The van der Waals surface area contributed by atoms with Crippen molar-refractivity contribution in [3.8, 4) is 34.1 Å². The van der Waals surface area contributed by atoms with E-state index in [1.807, 2.05) is 36.4 Å². The number of aryl methyl sites for hydroxylation is 1. The summed E-state index contributed by atoms with van der Waals surface area (Å²) in [5.41, 5.74) is 4.42. The Labute approximate surface area is 258 Å². The molecule has 0 saturated heterocycles. The van der Waals surface area contributed by atoms with E-state index in [1.54, 1.807) is 40.6 Å². The van der Waals surface area contributed by atoms with E-state index in [0.717, 1.165) is 28.0 Å². The summed E-state index contributed by atoms with van der Waals surface area (Å²) in [6.07, 6.45) is 2.73. The van der Waals surface area contributed by atoms with Crippen LogP contribution >= 0.6 is 0 Å². The molecule has 3 N–H and O–H groups in total. The minimum absolute atomic E-state index is 0.0550. The summed E-state index contributed by atoms with van der Waals surface area (Å²) >= 11 is 0. The largest absolute Gasteiger partial charge is 0.496 e. The Bertz CT molecular complexity index is 1560. The Morgan fingerprint density at radius 3 is 2.34 bits per heavy atom. The molecular formula is C34H41N3O7. The molecule has 234 valence electrons. The highest BCUT2D eigenvalue weighted by molar-refractivity contribution is 5.84. The SMILES string of the molecule is COc1ccccc1CCNC(=O)CCCNc1ccc2c(cc1=O)C(NC(C)=O)CCc1cc(OC)c(OC)c(OC)c1-2. The average Bonchev–Trinajstić information content (AvgIpc) is 3.26. The van der Waals surface area contributed by atoms with E-state index in [-0.39, 0.29) is 23.3 Å². The van der Waals surface area contributed by atoms with E-state index >= 15 is 0 Å². The van der Waals surface area contributed by atoms with Gasteiger partial charge in [0.1, 0.15) is 5.75 Å². The molecule has 0 radical (unpaired) electrons. The van der Waals surface area contributed by atoms with Crippen molar-refractivity contribution in [2.45, 2.75) is 45.1 Å². The molecule has 1 atom stereocenters. The topological polar surface area (TPSA) is 124 Å². The summed E-state index contributed by atoms with van der Waals surface area (Å²) in [4.78, 5) is 38.0. The molecule has 44 heavy (non-hydrogen) atoms. The van der Waals surface area contributed by atoms with Crippen LogP contribution in [0.1, 0.15) is 48.9 Å². The number of carbonyl (C=O) groups is 2. The van der Waals surface area contributed by atoms with Crippen LogP contribution in [0, 0.1) is 0 Å². The third kappa shape index (κ3) is 7.42. The number of benzene rings is 2. The maximum Gasteiger partial charge on any atom is 0.220 e. The van der Waals surface area contributed by atoms with Crippen LogP contribution in [-0.2, 0) is 22.4 Å². The second kappa shape index (κ2) is 15.1. The number of para-hydroxylation sites is 1. The molecule has 0 fully saturated rings. The number of fused-ring (bicyclic) bond motifs is 3. The third-order valence-corrected chi connectivity index (χ3v) is 7.72. The van der Waals surface area contributed by atoms with Crippen LogP contribution in [0.15, 0.2) is 53.3 Å². The molecular weight excluding hydrogens is 562 g/mol. The lowest BCUT2D eigenvalue weighted by atomic mass is 9.95. The molecule has 0 aliphatic heterocycles. The standard InChI is InChI=1S/C34H41N3O7/c1-21(38)37-26-14-12-23-19-30(42-3)33(43-4)34(44-5)32(23)24-13-15-27(28(39)20-25(24)26)35-17-8-11-31(40)36-18-16-22-9-6-7-10-29(22)41-2/h6-7,9-10,13,15,19-20,26H,8,11-12,14,16-18H2,1-5H3,(H,35,39)(H,36,40)(H,37,38). The van der Waals surface area contributed by atoms with Gasteiger partial charge in [0.2, 0.25) is 23.0 Å². The lowest BCUT2D eigenvalue weighted by Gasteiger charge is -2.19. The fourth-order valence-corrected chi connectivity index (χ4v) is 5.66. The van der Waals surface area contributed by atoms with Crippen LogP contribution in [0.2, 0.25) is 0 Å². The molecule has 1 unspecified atom stereocenters. The average molecular weight is 604 g/mol. The Morgan fingerprint density at radius 1 is 0.886 bits per heavy atom. The second-order valence-corrected chi connectivity index (χ2v) is 10.5. The van der Waals surface area contributed by atoms with Crippen molar-refractivity contribution in [1.82, 2.24) is 10.6 Å². The Kier molecular flexibility index (Phi) is 11.1. The first-order valence-electron chi connectivity index (χ1n) is 14.7. The van der Waals surface area contributed by atoms with Crippen molar-refractivity contribution in [2.24, 2.45) is 0 Å². The summed E-state index contributed by atoms with van der Waals surface area (Å²) in [7, 11) is 6.32. The summed E-state index contributed by atoms with van der Waals surface area (Å²) in [6.45, 7) is 2.41. The van der Waals surface area contributed by atoms with Gasteiger partial charge in [0.05, 0.1) is 40.2 Å². The van der Waals surface area contributed by atoms with Crippen molar-refractivity contribution >= 4 is 17.5 Å². The zero-order valence-electron chi connectivity index (χ0n) is 26.0. The van der Waals surface area contributed by atoms with Gasteiger partial charge in [0, 0.05) is 32.0 Å². The molecule has 4 rings (SSSR count). The molecule has 0 heterocycles. The molecule has 0 spiro atoms. The highest BCUT2D eigenvalue weighted by Crippen LogP contribution is 2.50. The first-order chi connectivity index (χ1) is 21.3. The lowest BCUT2D eigenvalue weighted by molar-refractivity contribution is -0.121. The number of methoxy groups -OCH3 is 4. The normalized spacial score (nSPS) is 13.4. The Hall–Kier alpha value is -4.73. The van der Waals surface area contributed by atoms with Crippen LogP contribution in [0.25, 0.3) is 11.1 Å². The number of hydrogen-bond acceptors (Lipinski definition) is 8. The van der Waals surface area contributed by atoms with E-state index in [2.05, 4.69) is 16.0 Å². The quantitative estimate of drug-likeness (QED) is 0.245. The van der Waals surface area contributed by atoms with Gasteiger partial charge < -0.3 is 34.9 Å². The summed E-state index contributed by atoms with van der Waals surface area (Å²) in [5, 5.41) is 9.16. The van der Waals surface area contributed by atoms with Crippen LogP contribution in [-0.4, -0.2) is 53.3 Å². The number of carbonyl (C=O) groups excluding carboxylic acids is 2. The van der Waals surface area contributed by atoms with E-state index in [0.29, 0.717) is 73.7 Å². The van der Waals surface area contributed by atoms with Gasteiger partial charge in [-0.2, -0.15) is 0 Å². The van der Waals surface area contributed by atoms with Gasteiger partial charge >= 0.3 is 0 Å². The van der Waals surface area contributed by atoms with Gasteiger partial charge in [-0.25, -0.2) is 0 Å². The fourth-order valence-electron chi connectivity index (χ4n) is 5.66. The van der Waals surface area contributed by atoms with E-state index in [4.69, 9.17) is 18.9 Å². The number of amides is 2. The monoisotopic (exact) mass is 603 g/mol. The minimum Gasteiger partial charge on any atom is -0.496 e. The van der Waals surface area contributed by atoms with Crippen LogP contribution < -0.4 is 40.3 Å². The van der Waals surface area contributed by atoms with Gasteiger partial charge in [-0.1, -0.05) is 24.3 Å². The molecule has 0 aromatic heterocycles. The van der Waals surface area contributed by atoms with Gasteiger partial charge in [0.25, 0.3) is 0 Å². The molecule has 3 aromatic rings. The van der Waals surface area contributed by atoms with Crippen molar-refractivity contribution in [3.63, 3.8) is 0 Å². The maximum atomic E-state index is 13.4. The smallest absolute Gasteiger partial charge is 0.220 e. The summed E-state index contributed by atoms with van der Waals surface area (Å²) < 4.78 is 22.4. The third-order valence-electron chi connectivity index (χ3n) is 7.72. The van der Waals surface area contributed by atoms with Crippen molar-refractivity contribution in [2.75, 3.05) is 46.8 Å². The lowest BCUT2D eigenvalue weighted by Crippen LogP contribution is -2.26. The number of rotatable bonds is 13. The van der Waals surface area contributed by atoms with E-state index < -0.39 is 0 Å². The van der Waals surface area contributed by atoms with E-state index in [1.165, 1.54) is 6.92 Å². The van der Waals surface area contributed by atoms with Crippen LogP contribution in [0.4, 0.5) is 5.69 Å². The number of nitrogens with one attached hydrogen (secondary N) is 3. The predicted octanol–water partition coefficient (Wildman–Crippen LogP) is 4.42. The van der Waals surface area contributed by atoms with Gasteiger partial charge in [-0.05, 0) is 72.2 Å². The molecule has 10 nitrogen and oxygen atoms in total. The first-order valence-corrected chi connectivity index (χ1v) is 14.7. The van der Waals surface area contributed by atoms with Crippen molar-refractivity contribution in [3.05, 3.63) is 75.4 Å². The zero-order valence-corrected chi connectivity index (χ0v) is 26.0. The van der Waals surface area contributed by atoms with E-state index in [9.17, 15) is 14.4 Å². The number of anilines is 1. The van der Waals surface area contributed by atoms with Crippen LogP contribution in [0.3, 0.4) is 0 Å². The zero-order chi connectivity index (χ0) is 31.6. The maximum absolute atomic E-state index is 13.4.